The van der Waals surface area contributed by atoms with Crippen LogP contribution in [0.15, 0.2) is 30.3 Å². The van der Waals surface area contributed by atoms with Crippen LogP contribution in [0.2, 0.25) is 0 Å². The van der Waals surface area contributed by atoms with Crippen LogP contribution in [0.25, 0.3) is 0 Å². The number of hydrogen-bond donors (Lipinski definition) is 1. The third kappa shape index (κ3) is 3.83. The zero-order chi connectivity index (χ0) is 17.9. The first-order chi connectivity index (χ1) is 12.0. The number of likely N-dealkylation sites (tertiary alicyclic amines) is 1. The van der Waals surface area contributed by atoms with Gasteiger partial charge in [0, 0.05) is 32.0 Å². The van der Waals surface area contributed by atoms with E-state index in [-0.39, 0.29) is 30.3 Å². The molecule has 0 radical (unpaired) electrons. The molecule has 1 heterocycles. The van der Waals surface area contributed by atoms with Crippen LogP contribution in [0.3, 0.4) is 0 Å². The number of carbonyl (C=O) groups is 3. The SMILES string of the molecule is CN1C[C@@H](C(=O)OCC(=O)NCC2(c3ccccc3)CCC2)CC1=O. The highest BCUT2D eigenvalue weighted by Gasteiger charge is 2.39. The maximum absolute atomic E-state index is 12.0. The number of esters is 1. The molecular weight excluding hydrogens is 320 g/mol. The number of nitrogens with one attached hydrogen (secondary N) is 1. The van der Waals surface area contributed by atoms with Gasteiger partial charge >= 0.3 is 5.97 Å². The number of nitrogens with zero attached hydrogens (tertiary/aromatic N) is 1. The van der Waals surface area contributed by atoms with Crippen molar-refractivity contribution in [3.05, 3.63) is 35.9 Å². The maximum Gasteiger partial charge on any atom is 0.311 e. The predicted molar refractivity (Wildman–Crippen MR) is 91.7 cm³/mol. The highest BCUT2D eigenvalue weighted by atomic mass is 16.5. The van der Waals surface area contributed by atoms with E-state index in [2.05, 4.69) is 17.4 Å². The van der Waals surface area contributed by atoms with Gasteiger partial charge in [-0.1, -0.05) is 36.8 Å². The fourth-order valence-corrected chi connectivity index (χ4v) is 3.56. The van der Waals surface area contributed by atoms with Crippen molar-refractivity contribution >= 4 is 17.8 Å². The Morgan fingerprint density at radius 1 is 1.28 bits per heavy atom. The van der Waals surface area contributed by atoms with Crippen molar-refractivity contribution in [2.75, 3.05) is 26.7 Å². The van der Waals surface area contributed by atoms with Crippen molar-refractivity contribution in [1.82, 2.24) is 10.2 Å². The monoisotopic (exact) mass is 344 g/mol. The number of amides is 2. The molecule has 134 valence electrons. The molecule has 0 bridgehead atoms. The van der Waals surface area contributed by atoms with Crippen molar-refractivity contribution in [3.63, 3.8) is 0 Å². The summed E-state index contributed by atoms with van der Waals surface area (Å²) in [6.45, 7) is 0.618. The molecule has 1 atom stereocenters. The zero-order valence-corrected chi connectivity index (χ0v) is 14.5. The number of rotatable bonds is 6. The second-order valence-corrected chi connectivity index (χ2v) is 7.06. The molecule has 0 spiro atoms. The van der Waals surface area contributed by atoms with E-state index in [1.54, 1.807) is 7.05 Å². The van der Waals surface area contributed by atoms with Gasteiger partial charge in [-0.2, -0.15) is 0 Å². The topological polar surface area (TPSA) is 75.7 Å². The standard InChI is InChI=1S/C19H24N2O4/c1-21-11-14(10-17(21)23)18(24)25-12-16(22)20-13-19(8-5-9-19)15-6-3-2-4-7-15/h2-4,6-7,14H,5,8-13H2,1H3,(H,20,22)/t14-/m0/s1. The van der Waals surface area contributed by atoms with Gasteiger partial charge < -0.3 is 15.0 Å². The van der Waals surface area contributed by atoms with E-state index in [0.29, 0.717) is 13.1 Å². The van der Waals surface area contributed by atoms with E-state index in [4.69, 9.17) is 4.74 Å². The first kappa shape index (κ1) is 17.5. The van der Waals surface area contributed by atoms with Crippen molar-refractivity contribution in [3.8, 4) is 0 Å². The number of ether oxygens (including phenoxy) is 1. The first-order valence-corrected chi connectivity index (χ1v) is 8.73. The molecule has 1 aliphatic carbocycles. The summed E-state index contributed by atoms with van der Waals surface area (Å²) in [6, 6.07) is 10.2. The van der Waals surface area contributed by atoms with E-state index < -0.39 is 11.9 Å². The van der Waals surface area contributed by atoms with Crippen LogP contribution in [0.1, 0.15) is 31.2 Å². The Labute approximate surface area is 147 Å². The van der Waals surface area contributed by atoms with E-state index in [0.717, 1.165) is 19.3 Å². The molecule has 1 aliphatic heterocycles. The van der Waals surface area contributed by atoms with Gasteiger partial charge in [0.15, 0.2) is 6.61 Å². The average Bonchev–Trinajstić information content (AvgIpc) is 2.92. The quantitative estimate of drug-likeness (QED) is 0.788. The summed E-state index contributed by atoms with van der Waals surface area (Å²) in [6.07, 6.45) is 3.41. The third-order valence-electron chi connectivity index (χ3n) is 5.34. The number of benzene rings is 1. The molecule has 0 aromatic heterocycles. The van der Waals surface area contributed by atoms with Gasteiger partial charge in [-0.05, 0) is 18.4 Å². The summed E-state index contributed by atoms with van der Waals surface area (Å²) in [4.78, 5) is 37.0. The molecule has 25 heavy (non-hydrogen) atoms. The second-order valence-electron chi connectivity index (χ2n) is 7.06. The Kier molecular flexibility index (Phi) is 5.06. The molecule has 2 aliphatic rings. The molecule has 1 N–H and O–H groups in total. The van der Waals surface area contributed by atoms with Gasteiger partial charge in [-0.25, -0.2) is 0 Å². The van der Waals surface area contributed by atoms with Crippen LogP contribution >= 0.6 is 0 Å². The van der Waals surface area contributed by atoms with E-state index in [1.807, 2.05) is 18.2 Å². The molecule has 6 nitrogen and oxygen atoms in total. The molecule has 2 fully saturated rings. The molecule has 1 aromatic carbocycles. The molecule has 0 unspecified atom stereocenters. The van der Waals surface area contributed by atoms with E-state index in [9.17, 15) is 14.4 Å². The molecule has 2 amide bonds. The van der Waals surface area contributed by atoms with E-state index in [1.165, 1.54) is 10.5 Å². The Morgan fingerprint density at radius 3 is 2.56 bits per heavy atom. The summed E-state index contributed by atoms with van der Waals surface area (Å²) >= 11 is 0. The summed E-state index contributed by atoms with van der Waals surface area (Å²) in [5.41, 5.74) is 1.24. The lowest BCUT2D eigenvalue weighted by Crippen LogP contribution is -2.46. The fraction of sp³-hybridized carbons (Fsp3) is 0.526. The van der Waals surface area contributed by atoms with Gasteiger partial charge in [0.1, 0.15) is 0 Å². The van der Waals surface area contributed by atoms with Crippen LogP contribution < -0.4 is 5.32 Å². The Balaban J connectivity index is 1.45. The summed E-state index contributed by atoms with van der Waals surface area (Å²) < 4.78 is 5.08. The highest BCUT2D eigenvalue weighted by Crippen LogP contribution is 2.43. The van der Waals surface area contributed by atoms with Crippen molar-refractivity contribution in [1.29, 1.82) is 0 Å². The Hall–Kier alpha value is -2.37. The molecule has 1 saturated carbocycles. The molecule has 1 saturated heterocycles. The number of carbonyl (C=O) groups excluding carboxylic acids is 3. The van der Waals surface area contributed by atoms with E-state index >= 15 is 0 Å². The Morgan fingerprint density at radius 2 is 2.00 bits per heavy atom. The van der Waals surface area contributed by atoms with Crippen LogP contribution in [0.4, 0.5) is 0 Å². The normalized spacial score (nSPS) is 21.6. The van der Waals surface area contributed by atoms with Gasteiger partial charge in [0.2, 0.25) is 5.91 Å². The van der Waals surface area contributed by atoms with Gasteiger partial charge in [0.25, 0.3) is 5.91 Å². The third-order valence-corrected chi connectivity index (χ3v) is 5.34. The lowest BCUT2D eigenvalue weighted by molar-refractivity contribution is -0.152. The largest absolute Gasteiger partial charge is 0.455 e. The van der Waals surface area contributed by atoms with Gasteiger partial charge in [-0.15, -0.1) is 0 Å². The van der Waals surface area contributed by atoms with Crippen molar-refractivity contribution in [2.24, 2.45) is 5.92 Å². The van der Waals surface area contributed by atoms with Gasteiger partial charge in [0.05, 0.1) is 5.92 Å². The van der Waals surface area contributed by atoms with Crippen LogP contribution in [0, 0.1) is 5.92 Å². The Bertz CT molecular complexity index is 655. The fourth-order valence-electron chi connectivity index (χ4n) is 3.56. The summed E-state index contributed by atoms with van der Waals surface area (Å²) in [7, 11) is 1.66. The van der Waals surface area contributed by atoms with Crippen molar-refractivity contribution < 1.29 is 19.1 Å². The van der Waals surface area contributed by atoms with Crippen LogP contribution in [0.5, 0.6) is 0 Å². The summed E-state index contributed by atoms with van der Waals surface area (Å²) in [5.74, 6) is -1.31. The zero-order valence-electron chi connectivity index (χ0n) is 14.5. The lowest BCUT2D eigenvalue weighted by Gasteiger charge is -2.42. The first-order valence-electron chi connectivity index (χ1n) is 8.73. The molecule has 3 rings (SSSR count). The molecule has 1 aromatic rings. The van der Waals surface area contributed by atoms with Crippen molar-refractivity contribution in [2.45, 2.75) is 31.1 Å². The van der Waals surface area contributed by atoms with Gasteiger partial charge in [-0.3, -0.25) is 14.4 Å². The minimum Gasteiger partial charge on any atom is -0.455 e. The molecular formula is C19H24N2O4. The maximum atomic E-state index is 12.0. The second kappa shape index (κ2) is 7.25. The minimum absolute atomic E-state index is 0.00150. The highest BCUT2D eigenvalue weighted by molar-refractivity contribution is 5.88. The lowest BCUT2D eigenvalue weighted by atomic mass is 9.64. The number of hydrogen-bond acceptors (Lipinski definition) is 4. The smallest absolute Gasteiger partial charge is 0.311 e. The summed E-state index contributed by atoms with van der Waals surface area (Å²) in [5, 5.41) is 2.89. The van der Waals surface area contributed by atoms with Crippen LogP contribution in [-0.4, -0.2) is 49.4 Å². The molecule has 6 heteroatoms. The predicted octanol–water partition coefficient (Wildman–Crippen LogP) is 1.25. The average molecular weight is 344 g/mol. The minimum atomic E-state index is -0.478. The van der Waals surface area contributed by atoms with Crippen LogP contribution in [-0.2, 0) is 24.5 Å².